The van der Waals surface area contributed by atoms with Crippen molar-refractivity contribution in [3.8, 4) is 11.3 Å². The van der Waals surface area contributed by atoms with Gasteiger partial charge in [-0.3, -0.25) is 0 Å². The van der Waals surface area contributed by atoms with Crippen LogP contribution in [0.1, 0.15) is 0 Å². The van der Waals surface area contributed by atoms with Crippen molar-refractivity contribution < 1.29 is 0 Å². The first-order chi connectivity index (χ1) is 7.68. The van der Waals surface area contributed by atoms with E-state index in [0.29, 0.717) is 11.6 Å². The molecule has 0 amide bonds. The van der Waals surface area contributed by atoms with Crippen molar-refractivity contribution in [1.82, 2.24) is 9.97 Å². The Kier molecular flexibility index (Phi) is 2.72. The maximum Gasteiger partial charge on any atom is 0.225 e. The number of nitrogens with zero attached hydrogens (tertiary/aromatic N) is 3. The summed E-state index contributed by atoms with van der Waals surface area (Å²) >= 11 is 0. The van der Waals surface area contributed by atoms with Crippen LogP contribution in [-0.2, 0) is 0 Å². The SMILES string of the molecule is CN(C)c1ncc(N)c(-c2ccccc2)n1. The molecule has 82 valence electrons. The summed E-state index contributed by atoms with van der Waals surface area (Å²) in [4.78, 5) is 10.4. The van der Waals surface area contributed by atoms with Crippen molar-refractivity contribution in [3.05, 3.63) is 36.5 Å². The molecular weight excluding hydrogens is 200 g/mol. The Labute approximate surface area is 94.8 Å². The summed E-state index contributed by atoms with van der Waals surface area (Å²) in [5, 5.41) is 0. The normalized spacial score (nSPS) is 10.1. The minimum Gasteiger partial charge on any atom is -0.396 e. The first kappa shape index (κ1) is 10.4. The van der Waals surface area contributed by atoms with E-state index in [0.717, 1.165) is 11.3 Å². The molecule has 0 saturated heterocycles. The molecule has 2 aromatic rings. The molecular formula is C12H14N4. The molecule has 0 bridgehead atoms. The van der Waals surface area contributed by atoms with Gasteiger partial charge in [-0.25, -0.2) is 9.97 Å². The second-order valence-corrected chi connectivity index (χ2v) is 3.73. The zero-order valence-electron chi connectivity index (χ0n) is 9.38. The minimum atomic E-state index is 0.594. The Bertz CT molecular complexity index is 480. The molecule has 4 heteroatoms. The Morgan fingerprint density at radius 3 is 2.44 bits per heavy atom. The predicted molar refractivity (Wildman–Crippen MR) is 66.2 cm³/mol. The molecule has 0 unspecified atom stereocenters. The van der Waals surface area contributed by atoms with Crippen LogP contribution in [0, 0.1) is 0 Å². The highest BCUT2D eigenvalue weighted by molar-refractivity contribution is 5.72. The lowest BCUT2D eigenvalue weighted by molar-refractivity contribution is 1.00. The predicted octanol–water partition coefficient (Wildman–Crippen LogP) is 1.79. The van der Waals surface area contributed by atoms with Gasteiger partial charge in [-0.1, -0.05) is 30.3 Å². The third-order valence-electron chi connectivity index (χ3n) is 2.25. The molecule has 0 aliphatic carbocycles. The smallest absolute Gasteiger partial charge is 0.225 e. The van der Waals surface area contributed by atoms with Gasteiger partial charge in [-0.05, 0) is 0 Å². The number of rotatable bonds is 2. The van der Waals surface area contributed by atoms with E-state index in [1.807, 2.05) is 49.3 Å². The van der Waals surface area contributed by atoms with Crippen LogP contribution in [0.25, 0.3) is 11.3 Å². The maximum absolute atomic E-state index is 5.88. The zero-order chi connectivity index (χ0) is 11.5. The molecule has 2 rings (SSSR count). The number of hydrogen-bond acceptors (Lipinski definition) is 4. The van der Waals surface area contributed by atoms with Gasteiger partial charge < -0.3 is 10.6 Å². The highest BCUT2D eigenvalue weighted by Crippen LogP contribution is 2.23. The number of anilines is 2. The fourth-order valence-corrected chi connectivity index (χ4v) is 1.42. The average Bonchev–Trinajstić information content (AvgIpc) is 2.30. The summed E-state index contributed by atoms with van der Waals surface area (Å²) in [7, 11) is 3.81. The molecule has 4 nitrogen and oxygen atoms in total. The van der Waals surface area contributed by atoms with Crippen molar-refractivity contribution in [2.75, 3.05) is 24.7 Å². The van der Waals surface area contributed by atoms with Crippen LogP contribution in [0.2, 0.25) is 0 Å². The minimum absolute atomic E-state index is 0.594. The molecule has 0 saturated carbocycles. The summed E-state index contributed by atoms with van der Waals surface area (Å²) in [5.41, 5.74) is 8.25. The molecule has 1 aromatic carbocycles. The van der Waals surface area contributed by atoms with Crippen molar-refractivity contribution in [2.45, 2.75) is 0 Å². The van der Waals surface area contributed by atoms with E-state index in [-0.39, 0.29) is 0 Å². The maximum atomic E-state index is 5.88. The third-order valence-corrected chi connectivity index (χ3v) is 2.25. The van der Waals surface area contributed by atoms with Crippen molar-refractivity contribution in [3.63, 3.8) is 0 Å². The molecule has 0 spiro atoms. The number of hydrogen-bond donors (Lipinski definition) is 1. The van der Waals surface area contributed by atoms with Crippen molar-refractivity contribution in [2.24, 2.45) is 0 Å². The molecule has 1 aromatic heterocycles. The van der Waals surface area contributed by atoms with Gasteiger partial charge in [0.1, 0.15) is 0 Å². The number of benzene rings is 1. The van der Waals surface area contributed by atoms with Crippen LogP contribution < -0.4 is 10.6 Å². The molecule has 0 fully saturated rings. The van der Waals surface area contributed by atoms with Gasteiger partial charge in [0.15, 0.2) is 0 Å². The summed E-state index contributed by atoms with van der Waals surface area (Å²) < 4.78 is 0. The van der Waals surface area contributed by atoms with Gasteiger partial charge in [0.05, 0.1) is 17.6 Å². The number of nitrogens with two attached hydrogens (primary N) is 1. The quantitative estimate of drug-likeness (QED) is 0.828. The fraction of sp³-hybridized carbons (Fsp3) is 0.167. The molecule has 0 radical (unpaired) electrons. The molecule has 2 N–H and O–H groups in total. The average molecular weight is 214 g/mol. The highest BCUT2D eigenvalue weighted by atomic mass is 15.2. The van der Waals surface area contributed by atoms with Crippen molar-refractivity contribution >= 4 is 11.6 Å². The summed E-state index contributed by atoms with van der Waals surface area (Å²) in [5.74, 6) is 0.660. The van der Waals surface area contributed by atoms with Gasteiger partial charge in [0.25, 0.3) is 0 Å². The Morgan fingerprint density at radius 2 is 1.81 bits per heavy atom. The Morgan fingerprint density at radius 1 is 1.12 bits per heavy atom. The highest BCUT2D eigenvalue weighted by Gasteiger charge is 2.07. The van der Waals surface area contributed by atoms with Crippen LogP contribution in [0.5, 0.6) is 0 Å². The van der Waals surface area contributed by atoms with Crippen LogP contribution in [-0.4, -0.2) is 24.1 Å². The van der Waals surface area contributed by atoms with Crippen LogP contribution in [0.3, 0.4) is 0 Å². The Hall–Kier alpha value is -2.10. The van der Waals surface area contributed by atoms with E-state index in [9.17, 15) is 0 Å². The molecule has 1 heterocycles. The molecule has 0 aliphatic heterocycles. The lowest BCUT2D eigenvalue weighted by atomic mass is 10.1. The van der Waals surface area contributed by atoms with Gasteiger partial charge >= 0.3 is 0 Å². The van der Waals surface area contributed by atoms with E-state index in [4.69, 9.17) is 5.73 Å². The first-order valence-corrected chi connectivity index (χ1v) is 5.04. The van der Waals surface area contributed by atoms with E-state index in [2.05, 4.69) is 9.97 Å². The van der Waals surface area contributed by atoms with E-state index in [1.165, 1.54) is 0 Å². The zero-order valence-corrected chi connectivity index (χ0v) is 9.38. The van der Waals surface area contributed by atoms with E-state index in [1.54, 1.807) is 6.20 Å². The monoisotopic (exact) mass is 214 g/mol. The van der Waals surface area contributed by atoms with Crippen LogP contribution in [0.4, 0.5) is 11.6 Å². The van der Waals surface area contributed by atoms with E-state index >= 15 is 0 Å². The summed E-state index contributed by atoms with van der Waals surface area (Å²) in [6.45, 7) is 0. The lowest BCUT2D eigenvalue weighted by Gasteiger charge is -2.12. The summed E-state index contributed by atoms with van der Waals surface area (Å²) in [6, 6.07) is 9.86. The van der Waals surface area contributed by atoms with E-state index < -0.39 is 0 Å². The van der Waals surface area contributed by atoms with Gasteiger partial charge in [-0.15, -0.1) is 0 Å². The first-order valence-electron chi connectivity index (χ1n) is 5.04. The fourth-order valence-electron chi connectivity index (χ4n) is 1.42. The van der Waals surface area contributed by atoms with Crippen molar-refractivity contribution in [1.29, 1.82) is 0 Å². The van der Waals surface area contributed by atoms with Gasteiger partial charge in [0.2, 0.25) is 5.95 Å². The van der Waals surface area contributed by atoms with Crippen LogP contribution in [0.15, 0.2) is 36.5 Å². The number of nitrogen functional groups attached to an aromatic ring is 1. The standard InChI is InChI=1S/C12H14N4/c1-16(2)12-14-8-10(13)11(15-12)9-6-4-3-5-7-9/h3-8H,13H2,1-2H3. The van der Waals surface area contributed by atoms with Gasteiger partial charge in [-0.2, -0.15) is 0 Å². The third kappa shape index (κ3) is 1.95. The van der Waals surface area contributed by atoms with Gasteiger partial charge in [0, 0.05) is 19.7 Å². The largest absolute Gasteiger partial charge is 0.396 e. The number of aromatic nitrogens is 2. The second-order valence-electron chi connectivity index (χ2n) is 3.73. The topological polar surface area (TPSA) is 55.0 Å². The molecule has 16 heavy (non-hydrogen) atoms. The molecule has 0 aliphatic rings. The Balaban J connectivity index is 2.52. The van der Waals surface area contributed by atoms with Crippen LogP contribution >= 0.6 is 0 Å². The molecule has 0 atom stereocenters. The summed E-state index contributed by atoms with van der Waals surface area (Å²) in [6.07, 6.45) is 1.64. The second kappa shape index (κ2) is 4.18. The lowest BCUT2D eigenvalue weighted by Crippen LogP contribution is -2.13.